The van der Waals surface area contributed by atoms with Crippen LogP contribution in [0.5, 0.6) is 5.75 Å². The van der Waals surface area contributed by atoms with E-state index in [-0.39, 0.29) is 5.91 Å². The molecule has 0 unspecified atom stereocenters. The molecule has 0 aromatic heterocycles. The van der Waals surface area contributed by atoms with E-state index < -0.39 is 0 Å². The molecule has 2 aromatic carbocycles. The third kappa shape index (κ3) is 5.65. The van der Waals surface area contributed by atoms with E-state index in [1.165, 1.54) is 0 Å². The topological polar surface area (TPSA) is 41.6 Å². The average Bonchev–Trinajstić information content (AvgIpc) is 2.52. The average molecular weight is 391 g/mol. The van der Waals surface area contributed by atoms with Gasteiger partial charge in [-0.3, -0.25) is 9.69 Å². The number of hydrogen-bond donors (Lipinski definition) is 1. The Labute approximate surface area is 151 Å². The Morgan fingerprint density at radius 2 is 1.92 bits per heavy atom. The van der Waals surface area contributed by atoms with Crippen LogP contribution in [0.1, 0.15) is 18.1 Å². The molecule has 0 atom stereocenters. The lowest BCUT2D eigenvalue weighted by atomic mass is 10.2. The molecule has 0 aliphatic carbocycles. The van der Waals surface area contributed by atoms with Gasteiger partial charge < -0.3 is 10.1 Å². The summed E-state index contributed by atoms with van der Waals surface area (Å²) in [7, 11) is 1.93. The number of halogens is 1. The maximum atomic E-state index is 12.2. The number of amides is 1. The third-order valence-corrected chi connectivity index (χ3v) is 4.16. The van der Waals surface area contributed by atoms with Crippen molar-refractivity contribution in [1.29, 1.82) is 0 Å². The van der Waals surface area contributed by atoms with E-state index in [0.29, 0.717) is 19.7 Å². The van der Waals surface area contributed by atoms with Crippen molar-refractivity contribution >= 4 is 27.5 Å². The van der Waals surface area contributed by atoms with E-state index in [0.717, 1.165) is 27.0 Å². The van der Waals surface area contributed by atoms with E-state index in [1.54, 1.807) is 0 Å². The van der Waals surface area contributed by atoms with Gasteiger partial charge in [0.15, 0.2) is 0 Å². The van der Waals surface area contributed by atoms with Gasteiger partial charge in [-0.05, 0) is 72.2 Å². The van der Waals surface area contributed by atoms with Crippen molar-refractivity contribution in [2.24, 2.45) is 0 Å². The molecular formula is C19H23BrN2O2. The summed E-state index contributed by atoms with van der Waals surface area (Å²) in [6.07, 6.45) is 0. The highest BCUT2D eigenvalue weighted by Crippen LogP contribution is 2.23. The highest BCUT2D eigenvalue weighted by atomic mass is 79.9. The number of nitrogens with zero attached hydrogens (tertiary/aromatic N) is 1. The van der Waals surface area contributed by atoms with Crippen LogP contribution in [0, 0.1) is 6.92 Å². The van der Waals surface area contributed by atoms with Crippen molar-refractivity contribution in [2.75, 3.05) is 25.5 Å². The summed E-state index contributed by atoms with van der Waals surface area (Å²) in [6, 6.07) is 13.8. The smallest absolute Gasteiger partial charge is 0.238 e. The van der Waals surface area contributed by atoms with Gasteiger partial charge in [-0.1, -0.05) is 18.2 Å². The molecule has 0 heterocycles. The first-order valence-corrected chi connectivity index (χ1v) is 8.73. The number of benzene rings is 2. The van der Waals surface area contributed by atoms with E-state index in [1.807, 2.05) is 68.3 Å². The van der Waals surface area contributed by atoms with Crippen molar-refractivity contribution in [1.82, 2.24) is 4.90 Å². The lowest BCUT2D eigenvalue weighted by Crippen LogP contribution is -2.29. The predicted molar refractivity (Wildman–Crippen MR) is 101 cm³/mol. The zero-order valence-corrected chi connectivity index (χ0v) is 15.9. The van der Waals surface area contributed by atoms with Crippen molar-refractivity contribution in [3.63, 3.8) is 0 Å². The number of carbonyl (C=O) groups excluding carboxylic acids is 1. The number of ether oxygens (including phenoxy) is 1. The Balaban J connectivity index is 1.86. The number of carbonyl (C=O) groups is 1. The SMILES string of the molecule is CCOc1ccc(CN(C)CC(=O)Nc2ccc(C)cc2Br)cc1. The number of likely N-dealkylation sites (N-methyl/N-ethyl adjacent to an activating group) is 1. The second-order valence-corrected chi connectivity index (χ2v) is 6.64. The molecule has 1 amide bonds. The Kier molecular flexibility index (Phi) is 6.82. The van der Waals surface area contributed by atoms with E-state index in [2.05, 4.69) is 21.2 Å². The number of anilines is 1. The van der Waals surface area contributed by atoms with Crippen molar-refractivity contribution < 1.29 is 9.53 Å². The molecule has 0 saturated carbocycles. The van der Waals surface area contributed by atoms with E-state index >= 15 is 0 Å². The van der Waals surface area contributed by atoms with Crippen LogP contribution < -0.4 is 10.1 Å². The molecule has 2 aromatic rings. The summed E-state index contributed by atoms with van der Waals surface area (Å²) < 4.78 is 6.33. The monoisotopic (exact) mass is 390 g/mol. The van der Waals surface area contributed by atoms with Gasteiger partial charge in [-0.15, -0.1) is 0 Å². The van der Waals surface area contributed by atoms with Gasteiger partial charge in [0.25, 0.3) is 0 Å². The van der Waals surface area contributed by atoms with Gasteiger partial charge >= 0.3 is 0 Å². The summed E-state index contributed by atoms with van der Waals surface area (Å²) in [5, 5.41) is 2.93. The Bertz CT molecular complexity index is 686. The Morgan fingerprint density at radius 1 is 1.21 bits per heavy atom. The molecule has 0 fully saturated rings. The molecule has 0 aliphatic heterocycles. The highest BCUT2D eigenvalue weighted by molar-refractivity contribution is 9.10. The zero-order valence-electron chi connectivity index (χ0n) is 14.3. The van der Waals surface area contributed by atoms with Crippen molar-refractivity contribution in [2.45, 2.75) is 20.4 Å². The Morgan fingerprint density at radius 3 is 2.54 bits per heavy atom. The van der Waals surface area contributed by atoms with Gasteiger partial charge in [-0.2, -0.15) is 0 Å². The number of hydrogen-bond acceptors (Lipinski definition) is 3. The molecule has 5 heteroatoms. The van der Waals surface area contributed by atoms with E-state index in [9.17, 15) is 4.79 Å². The lowest BCUT2D eigenvalue weighted by Gasteiger charge is -2.17. The summed E-state index contributed by atoms with van der Waals surface area (Å²) >= 11 is 3.47. The lowest BCUT2D eigenvalue weighted by molar-refractivity contribution is -0.117. The van der Waals surface area contributed by atoms with Crippen LogP contribution in [-0.4, -0.2) is 31.0 Å². The molecular weight excluding hydrogens is 368 g/mol. The molecule has 24 heavy (non-hydrogen) atoms. The number of aryl methyl sites for hydroxylation is 1. The second kappa shape index (κ2) is 8.85. The second-order valence-electron chi connectivity index (χ2n) is 5.78. The van der Waals surface area contributed by atoms with Crippen molar-refractivity contribution in [3.8, 4) is 5.75 Å². The maximum Gasteiger partial charge on any atom is 0.238 e. The van der Waals surface area contributed by atoms with Crippen LogP contribution in [0.25, 0.3) is 0 Å². The van der Waals surface area contributed by atoms with Gasteiger partial charge in [0.05, 0.1) is 18.8 Å². The predicted octanol–water partition coefficient (Wildman–Crippen LogP) is 4.23. The van der Waals surface area contributed by atoms with Crippen LogP contribution in [-0.2, 0) is 11.3 Å². The first-order valence-electron chi connectivity index (χ1n) is 7.94. The molecule has 4 nitrogen and oxygen atoms in total. The molecule has 128 valence electrons. The molecule has 0 spiro atoms. The van der Waals surface area contributed by atoms with Crippen LogP contribution in [0.15, 0.2) is 46.9 Å². The summed E-state index contributed by atoms with van der Waals surface area (Å²) in [5.41, 5.74) is 3.08. The van der Waals surface area contributed by atoms with Crippen LogP contribution in [0.2, 0.25) is 0 Å². The van der Waals surface area contributed by atoms with Gasteiger partial charge in [0.2, 0.25) is 5.91 Å². The van der Waals surface area contributed by atoms with Crippen LogP contribution >= 0.6 is 15.9 Å². The number of rotatable bonds is 7. The zero-order chi connectivity index (χ0) is 17.5. The quantitative estimate of drug-likeness (QED) is 0.768. The minimum absolute atomic E-state index is 0.0343. The van der Waals surface area contributed by atoms with Gasteiger partial charge in [0, 0.05) is 11.0 Å². The fraction of sp³-hybridized carbons (Fsp3) is 0.316. The third-order valence-electron chi connectivity index (χ3n) is 3.50. The Hall–Kier alpha value is -1.85. The summed E-state index contributed by atoms with van der Waals surface area (Å²) in [6.45, 7) is 5.67. The minimum atomic E-state index is -0.0343. The first-order chi connectivity index (χ1) is 11.5. The molecule has 1 N–H and O–H groups in total. The molecule has 0 aliphatic rings. The first kappa shape index (κ1) is 18.5. The molecule has 0 bridgehead atoms. The normalized spacial score (nSPS) is 10.7. The maximum absolute atomic E-state index is 12.2. The van der Waals surface area contributed by atoms with Crippen LogP contribution in [0.4, 0.5) is 5.69 Å². The standard InChI is InChI=1S/C19H23BrN2O2/c1-4-24-16-8-6-15(7-9-16)12-22(3)13-19(23)21-18-10-5-14(2)11-17(18)20/h5-11H,4,12-13H2,1-3H3,(H,21,23). The van der Waals surface area contributed by atoms with Crippen LogP contribution in [0.3, 0.4) is 0 Å². The molecule has 0 saturated heterocycles. The van der Waals surface area contributed by atoms with Crippen molar-refractivity contribution in [3.05, 3.63) is 58.1 Å². The van der Waals surface area contributed by atoms with E-state index in [4.69, 9.17) is 4.74 Å². The van der Waals surface area contributed by atoms with Gasteiger partial charge in [-0.25, -0.2) is 0 Å². The molecule has 0 radical (unpaired) electrons. The minimum Gasteiger partial charge on any atom is -0.494 e. The largest absolute Gasteiger partial charge is 0.494 e. The van der Waals surface area contributed by atoms with Gasteiger partial charge in [0.1, 0.15) is 5.75 Å². The fourth-order valence-corrected chi connectivity index (χ4v) is 2.97. The summed E-state index contributed by atoms with van der Waals surface area (Å²) in [4.78, 5) is 14.2. The summed E-state index contributed by atoms with van der Waals surface area (Å²) in [5.74, 6) is 0.832. The highest BCUT2D eigenvalue weighted by Gasteiger charge is 2.09. The number of nitrogens with one attached hydrogen (secondary N) is 1. The fourth-order valence-electron chi connectivity index (χ4n) is 2.38. The molecule has 2 rings (SSSR count).